The highest BCUT2D eigenvalue weighted by Gasteiger charge is 2.11. The van der Waals surface area contributed by atoms with Crippen LogP contribution >= 0.6 is 0 Å². The number of carbonyl (C=O) groups excluding carboxylic acids is 1. The molecule has 0 fully saturated rings. The molecule has 0 aliphatic carbocycles. The third kappa shape index (κ3) is 3.85. The van der Waals surface area contributed by atoms with Crippen LogP contribution in [0.1, 0.15) is 35.6 Å². The zero-order valence-corrected chi connectivity index (χ0v) is 11.7. The second kappa shape index (κ2) is 6.75. The van der Waals surface area contributed by atoms with E-state index < -0.39 is 0 Å². The van der Waals surface area contributed by atoms with Crippen molar-refractivity contribution in [3.63, 3.8) is 0 Å². The second-order valence-electron chi connectivity index (χ2n) is 4.68. The number of amides is 1. The van der Waals surface area contributed by atoms with Crippen molar-refractivity contribution in [3.8, 4) is 0 Å². The Labute approximate surface area is 118 Å². The van der Waals surface area contributed by atoms with Crippen LogP contribution in [0, 0.1) is 0 Å². The fourth-order valence-corrected chi connectivity index (χ4v) is 1.89. The van der Waals surface area contributed by atoms with E-state index in [0.29, 0.717) is 5.56 Å². The minimum absolute atomic E-state index is 0.0377. The van der Waals surface area contributed by atoms with Crippen LogP contribution in [0.5, 0.6) is 0 Å². The van der Waals surface area contributed by atoms with E-state index in [4.69, 9.17) is 0 Å². The zero-order valence-electron chi connectivity index (χ0n) is 11.7. The molecule has 104 valence electrons. The molecule has 2 heterocycles. The highest BCUT2D eigenvalue weighted by Crippen LogP contribution is 2.03. The molecule has 0 unspecified atom stereocenters. The largest absolute Gasteiger partial charge is 0.349 e. The smallest absolute Gasteiger partial charge is 0.254 e. The third-order valence-corrected chi connectivity index (χ3v) is 2.95. The maximum Gasteiger partial charge on any atom is 0.254 e. The van der Waals surface area contributed by atoms with Gasteiger partial charge in [0.05, 0.1) is 5.56 Å². The van der Waals surface area contributed by atoms with Crippen molar-refractivity contribution in [1.82, 2.24) is 20.3 Å². The predicted molar refractivity (Wildman–Crippen MR) is 76.3 cm³/mol. The van der Waals surface area contributed by atoms with Crippen molar-refractivity contribution in [2.45, 2.75) is 32.7 Å². The van der Waals surface area contributed by atoms with Crippen LogP contribution in [0.2, 0.25) is 0 Å². The Hall–Kier alpha value is -2.30. The summed E-state index contributed by atoms with van der Waals surface area (Å²) >= 11 is 0. The van der Waals surface area contributed by atoms with Gasteiger partial charge >= 0.3 is 0 Å². The molecule has 0 bridgehead atoms. The molecule has 0 spiro atoms. The van der Waals surface area contributed by atoms with E-state index in [2.05, 4.69) is 20.3 Å². The van der Waals surface area contributed by atoms with E-state index in [1.165, 1.54) is 0 Å². The van der Waals surface area contributed by atoms with Gasteiger partial charge in [-0.05, 0) is 31.0 Å². The van der Waals surface area contributed by atoms with E-state index in [9.17, 15) is 4.79 Å². The lowest BCUT2D eigenvalue weighted by Crippen LogP contribution is -2.34. The van der Waals surface area contributed by atoms with Gasteiger partial charge in [-0.2, -0.15) is 0 Å². The molecule has 5 nitrogen and oxygen atoms in total. The predicted octanol–water partition coefficient (Wildman–Crippen LogP) is 1.80. The normalized spacial score (nSPS) is 11.9. The zero-order chi connectivity index (χ0) is 14.4. The lowest BCUT2D eigenvalue weighted by molar-refractivity contribution is 0.0939. The van der Waals surface area contributed by atoms with Gasteiger partial charge in [0, 0.05) is 37.3 Å². The summed E-state index contributed by atoms with van der Waals surface area (Å²) in [6, 6.07) is 3.93. The molecule has 0 radical (unpaired) electrons. The van der Waals surface area contributed by atoms with E-state index in [0.717, 1.165) is 24.2 Å². The molecule has 0 saturated carbocycles. The Balaban J connectivity index is 1.93. The van der Waals surface area contributed by atoms with Crippen molar-refractivity contribution in [2.75, 3.05) is 0 Å². The molecule has 2 rings (SSSR count). The number of carbonyl (C=O) groups is 1. The first-order chi connectivity index (χ1) is 9.69. The molecule has 0 aliphatic heterocycles. The first-order valence-corrected chi connectivity index (χ1v) is 6.69. The summed E-state index contributed by atoms with van der Waals surface area (Å²) in [6.07, 6.45) is 8.17. The molecule has 2 aromatic rings. The SMILES string of the molecule is CCc1ncc(C(=O)N[C@H](C)Cc2ccncc2)cn1. The van der Waals surface area contributed by atoms with Crippen molar-refractivity contribution in [3.05, 3.63) is 53.9 Å². The summed E-state index contributed by atoms with van der Waals surface area (Å²) in [5, 5.41) is 2.94. The van der Waals surface area contributed by atoms with E-state index in [1.807, 2.05) is 26.0 Å². The van der Waals surface area contributed by atoms with Crippen molar-refractivity contribution in [1.29, 1.82) is 0 Å². The quantitative estimate of drug-likeness (QED) is 0.899. The lowest BCUT2D eigenvalue weighted by atomic mass is 10.1. The molecule has 0 aliphatic rings. The number of aryl methyl sites for hydroxylation is 1. The highest BCUT2D eigenvalue weighted by molar-refractivity contribution is 5.93. The van der Waals surface area contributed by atoms with Crippen LogP contribution in [-0.4, -0.2) is 26.9 Å². The molecular formula is C15H18N4O. The Kier molecular flexibility index (Phi) is 4.76. The summed E-state index contributed by atoms with van der Waals surface area (Å²) < 4.78 is 0. The van der Waals surface area contributed by atoms with Gasteiger partial charge in [0.25, 0.3) is 5.91 Å². The summed E-state index contributed by atoms with van der Waals surface area (Å²) in [5.41, 5.74) is 1.63. The second-order valence-corrected chi connectivity index (χ2v) is 4.68. The van der Waals surface area contributed by atoms with Gasteiger partial charge in [-0.3, -0.25) is 9.78 Å². The maximum absolute atomic E-state index is 12.0. The standard InChI is InChI=1S/C15H18N4O/c1-3-14-17-9-13(10-18-14)15(20)19-11(2)8-12-4-6-16-7-5-12/h4-7,9-11H,3,8H2,1-2H3,(H,19,20)/t11-/m1/s1. The Morgan fingerprint density at radius 1 is 1.25 bits per heavy atom. The summed E-state index contributed by atoms with van der Waals surface area (Å²) in [4.78, 5) is 24.3. The fourth-order valence-electron chi connectivity index (χ4n) is 1.89. The van der Waals surface area contributed by atoms with Gasteiger partial charge in [0.15, 0.2) is 0 Å². The fraction of sp³-hybridized carbons (Fsp3) is 0.333. The molecule has 1 N–H and O–H groups in total. The van der Waals surface area contributed by atoms with E-state index in [1.54, 1.807) is 24.8 Å². The number of pyridine rings is 1. The Morgan fingerprint density at radius 3 is 2.50 bits per heavy atom. The molecule has 2 aromatic heterocycles. The highest BCUT2D eigenvalue weighted by atomic mass is 16.1. The third-order valence-electron chi connectivity index (χ3n) is 2.95. The summed E-state index contributed by atoms with van der Waals surface area (Å²) in [6.45, 7) is 3.95. The monoisotopic (exact) mass is 270 g/mol. The molecular weight excluding hydrogens is 252 g/mol. The maximum atomic E-state index is 12.0. The Bertz CT molecular complexity index is 554. The van der Waals surface area contributed by atoms with Crippen LogP contribution in [-0.2, 0) is 12.8 Å². The number of aromatic nitrogens is 3. The lowest BCUT2D eigenvalue weighted by Gasteiger charge is -2.13. The van der Waals surface area contributed by atoms with E-state index >= 15 is 0 Å². The number of nitrogens with zero attached hydrogens (tertiary/aromatic N) is 3. The van der Waals surface area contributed by atoms with Crippen LogP contribution in [0.15, 0.2) is 36.9 Å². The minimum Gasteiger partial charge on any atom is -0.349 e. The first kappa shape index (κ1) is 14.1. The van der Waals surface area contributed by atoms with Gasteiger partial charge in [0.2, 0.25) is 0 Å². The molecule has 0 saturated heterocycles. The van der Waals surface area contributed by atoms with Crippen molar-refractivity contribution in [2.24, 2.45) is 0 Å². The topological polar surface area (TPSA) is 67.8 Å². The molecule has 1 amide bonds. The average Bonchev–Trinajstić information content (AvgIpc) is 2.48. The molecule has 20 heavy (non-hydrogen) atoms. The first-order valence-electron chi connectivity index (χ1n) is 6.69. The van der Waals surface area contributed by atoms with Gasteiger partial charge in [-0.25, -0.2) is 9.97 Å². The van der Waals surface area contributed by atoms with Gasteiger partial charge in [-0.1, -0.05) is 6.92 Å². The number of hydrogen-bond acceptors (Lipinski definition) is 4. The van der Waals surface area contributed by atoms with E-state index in [-0.39, 0.29) is 11.9 Å². The molecule has 5 heteroatoms. The Morgan fingerprint density at radius 2 is 1.90 bits per heavy atom. The minimum atomic E-state index is -0.144. The van der Waals surface area contributed by atoms with Gasteiger partial charge in [0.1, 0.15) is 5.82 Å². The number of rotatable bonds is 5. The average molecular weight is 270 g/mol. The van der Waals surface area contributed by atoms with Crippen LogP contribution < -0.4 is 5.32 Å². The van der Waals surface area contributed by atoms with Crippen molar-refractivity contribution < 1.29 is 4.79 Å². The van der Waals surface area contributed by atoms with Gasteiger partial charge in [-0.15, -0.1) is 0 Å². The van der Waals surface area contributed by atoms with Crippen LogP contribution in [0.25, 0.3) is 0 Å². The van der Waals surface area contributed by atoms with Gasteiger partial charge < -0.3 is 5.32 Å². The van der Waals surface area contributed by atoms with Crippen molar-refractivity contribution >= 4 is 5.91 Å². The number of nitrogens with one attached hydrogen (secondary N) is 1. The van der Waals surface area contributed by atoms with Crippen LogP contribution in [0.4, 0.5) is 0 Å². The van der Waals surface area contributed by atoms with Crippen LogP contribution in [0.3, 0.4) is 0 Å². The summed E-state index contributed by atoms with van der Waals surface area (Å²) in [5.74, 6) is 0.598. The molecule has 0 aromatic carbocycles. The summed E-state index contributed by atoms with van der Waals surface area (Å²) in [7, 11) is 0. The number of hydrogen-bond donors (Lipinski definition) is 1. The molecule has 1 atom stereocenters.